The quantitative estimate of drug-likeness (QED) is 0.449. The smallest absolute Gasteiger partial charge is 0.327 e. The van der Waals surface area contributed by atoms with Crippen LogP contribution in [0.4, 0.5) is 0 Å². The van der Waals surface area contributed by atoms with Gasteiger partial charge in [0.15, 0.2) is 0 Å². The number of rotatable bonds is 5. The second-order valence-electron chi connectivity index (χ2n) is 2.09. The van der Waals surface area contributed by atoms with Crippen LogP contribution in [0, 0.1) is 0 Å². The average Bonchev–Trinajstić information content (AvgIpc) is 2.14. The Hall–Kier alpha value is -1.55. The Kier molecular flexibility index (Phi) is 13.2. The molecule has 4 nitrogen and oxygen atoms in total. The van der Waals surface area contributed by atoms with E-state index in [-0.39, 0.29) is 6.42 Å². The number of aliphatic carboxylic acids is 1. The second kappa shape index (κ2) is 12.4. The third kappa shape index (κ3) is 19.0. The topological polar surface area (TPSA) is 63.6 Å². The lowest BCUT2D eigenvalue weighted by Crippen LogP contribution is -1.97. The molecule has 0 amide bonds. The van der Waals surface area contributed by atoms with Crippen molar-refractivity contribution < 1.29 is 19.4 Å². The molecule has 0 bridgehead atoms. The molecule has 0 aromatic heterocycles. The van der Waals surface area contributed by atoms with Crippen LogP contribution in [0.2, 0.25) is 0 Å². The van der Waals surface area contributed by atoms with Gasteiger partial charge in [0.2, 0.25) is 0 Å². The highest BCUT2D eigenvalue weighted by Crippen LogP contribution is 1.94. The fourth-order valence-electron chi connectivity index (χ4n) is 0.537. The lowest BCUT2D eigenvalue weighted by atomic mass is 10.3. The Morgan fingerprint density at radius 1 is 1.40 bits per heavy atom. The normalized spacial score (nSPS) is 8.60. The molecule has 0 atom stereocenters. The van der Waals surface area contributed by atoms with Gasteiger partial charge in [-0.3, -0.25) is 4.79 Å². The first-order chi connectivity index (χ1) is 7.08. The van der Waals surface area contributed by atoms with E-state index in [0.717, 1.165) is 12.3 Å². The first kappa shape index (κ1) is 15.9. The summed E-state index contributed by atoms with van der Waals surface area (Å²) in [6.45, 7) is 6.33. The molecule has 84 valence electrons. The summed E-state index contributed by atoms with van der Waals surface area (Å²) in [6.07, 6.45) is 3.95. The number of hydrogen-bond donors (Lipinski definition) is 1. The molecule has 0 saturated carbocycles. The molecule has 0 heterocycles. The van der Waals surface area contributed by atoms with Gasteiger partial charge in [0, 0.05) is 12.5 Å². The fraction of sp³-hybridized carbons (Fsp3) is 0.200. The Balaban J connectivity index is 0. The minimum atomic E-state index is -1.02. The van der Waals surface area contributed by atoms with Gasteiger partial charge in [-0.15, -0.1) is 0 Å². The Bertz CT molecular complexity index is 246. The van der Waals surface area contributed by atoms with Gasteiger partial charge in [0.1, 0.15) is 0 Å². The van der Waals surface area contributed by atoms with Crippen LogP contribution < -0.4 is 0 Å². The van der Waals surface area contributed by atoms with Gasteiger partial charge < -0.3 is 9.84 Å². The lowest BCUT2D eigenvalue weighted by Gasteiger charge is -1.93. The van der Waals surface area contributed by atoms with Crippen molar-refractivity contribution in [1.82, 2.24) is 0 Å². The van der Waals surface area contributed by atoms with E-state index in [1.54, 1.807) is 0 Å². The molecule has 0 saturated heterocycles. The van der Waals surface area contributed by atoms with Crippen LogP contribution in [0.1, 0.15) is 12.8 Å². The maximum atomic E-state index is 10.6. The number of carbonyl (C=O) groups excluding carboxylic acids is 1. The van der Waals surface area contributed by atoms with E-state index < -0.39 is 11.9 Å². The van der Waals surface area contributed by atoms with Crippen LogP contribution in [0.5, 0.6) is 0 Å². The number of ether oxygens (including phenoxy) is 1. The number of hydrogen-bond acceptors (Lipinski definition) is 3. The molecule has 0 rings (SSSR count). The fourth-order valence-corrected chi connectivity index (χ4v) is 0.537. The summed E-state index contributed by atoms with van der Waals surface area (Å²) in [6, 6.07) is 0. The van der Waals surface area contributed by atoms with Crippen LogP contribution in [0.25, 0.3) is 0 Å². The number of carboxylic acids is 1. The van der Waals surface area contributed by atoms with E-state index >= 15 is 0 Å². The van der Waals surface area contributed by atoms with E-state index in [1.807, 2.05) is 0 Å². The molecule has 0 fully saturated rings. The third-order valence-electron chi connectivity index (χ3n) is 0.990. The number of halogens is 1. The van der Waals surface area contributed by atoms with Crippen LogP contribution in [-0.2, 0) is 14.3 Å². The molecule has 0 spiro atoms. The van der Waals surface area contributed by atoms with E-state index in [2.05, 4.69) is 17.9 Å². The Morgan fingerprint density at radius 2 is 1.93 bits per heavy atom. The molecule has 0 aliphatic heterocycles. The predicted octanol–water partition coefficient (Wildman–Crippen LogP) is 2.46. The van der Waals surface area contributed by atoms with Gasteiger partial charge in [-0.05, 0) is 12.0 Å². The van der Waals surface area contributed by atoms with Gasteiger partial charge in [-0.2, -0.15) is 0 Å². The van der Waals surface area contributed by atoms with Gasteiger partial charge in [-0.1, -0.05) is 30.8 Å². The second-order valence-corrected chi connectivity index (χ2v) is 2.40. The summed E-state index contributed by atoms with van der Waals surface area (Å²) in [5, 5.41) is 8.16. The highest BCUT2D eigenvalue weighted by Gasteiger charge is 1.97. The van der Waals surface area contributed by atoms with E-state index in [9.17, 15) is 9.59 Å². The molecule has 0 radical (unpaired) electrons. The van der Waals surface area contributed by atoms with Gasteiger partial charge in [0.05, 0.1) is 6.26 Å². The van der Waals surface area contributed by atoms with Crippen molar-refractivity contribution in [3.8, 4) is 0 Å². The third-order valence-corrected chi connectivity index (χ3v) is 0.990. The van der Waals surface area contributed by atoms with Crippen molar-refractivity contribution in [3.05, 3.63) is 37.1 Å². The van der Waals surface area contributed by atoms with Crippen molar-refractivity contribution in [3.63, 3.8) is 0 Å². The van der Waals surface area contributed by atoms with Gasteiger partial charge >= 0.3 is 11.9 Å². The summed E-state index contributed by atoms with van der Waals surface area (Å²) in [4.78, 5) is 20.6. The van der Waals surface area contributed by atoms with Crippen LogP contribution >= 0.6 is 11.6 Å². The summed E-state index contributed by atoms with van der Waals surface area (Å²) >= 11 is 4.76. The number of esters is 1. The van der Waals surface area contributed by atoms with E-state index in [1.165, 1.54) is 11.6 Å². The molecule has 5 heteroatoms. The van der Waals surface area contributed by atoms with Crippen molar-refractivity contribution >= 4 is 23.5 Å². The zero-order valence-electron chi connectivity index (χ0n) is 8.19. The standard InChI is InChI=1S/C8H10O4.C2H3Cl/c1-2-12-8(11)6-4-3-5-7(9)10;1-2-3/h2-3,5H,1,4,6H2,(H,9,10);2H,1H2/b5-3+;. The molecular weight excluding hydrogens is 220 g/mol. The minimum absolute atomic E-state index is 0.163. The molecule has 1 N–H and O–H groups in total. The first-order valence-corrected chi connectivity index (χ1v) is 4.43. The zero-order valence-corrected chi connectivity index (χ0v) is 8.94. The van der Waals surface area contributed by atoms with Crippen LogP contribution in [0.15, 0.2) is 37.1 Å². The number of carbonyl (C=O) groups is 2. The zero-order chi connectivity index (χ0) is 12.1. The number of carboxylic acid groups (broad SMARTS) is 1. The Labute approximate surface area is 93.5 Å². The van der Waals surface area contributed by atoms with Gasteiger partial charge in [0.25, 0.3) is 0 Å². The molecule has 0 aromatic rings. The molecule has 0 aliphatic carbocycles. The minimum Gasteiger partial charge on any atom is -0.478 e. The first-order valence-electron chi connectivity index (χ1n) is 3.99. The summed E-state index contributed by atoms with van der Waals surface area (Å²) < 4.78 is 4.39. The van der Waals surface area contributed by atoms with Crippen molar-refractivity contribution in [2.75, 3.05) is 0 Å². The highest BCUT2D eigenvalue weighted by molar-refractivity contribution is 6.25. The van der Waals surface area contributed by atoms with Crippen LogP contribution in [0.3, 0.4) is 0 Å². The molecule has 0 aliphatic rings. The monoisotopic (exact) mass is 232 g/mol. The maximum Gasteiger partial charge on any atom is 0.327 e. The van der Waals surface area contributed by atoms with E-state index in [4.69, 9.17) is 16.7 Å². The lowest BCUT2D eigenvalue weighted by molar-refractivity contribution is -0.138. The van der Waals surface area contributed by atoms with Crippen molar-refractivity contribution in [1.29, 1.82) is 0 Å². The molecule has 15 heavy (non-hydrogen) atoms. The summed E-state index contributed by atoms with van der Waals surface area (Å²) in [5.41, 5.74) is 1.22. The van der Waals surface area contributed by atoms with Gasteiger partial charge in [-0.25, -0.2) is 4.79 Å². The number of allylic oxidation sites excluding steroid dienone is 1. The van der Waals surface area contributed by atoms with Crippen LogP contribution in [-0.4, -0.2) is 17.0 Å². The largest absolute Gasteiger partial charge is 0.478 e. The summed E-state index contributed by atoms with van der Waals surface area (Å²) in [5.74, 6) is -1.44. The van der Waals surface area contributed by atoms with E-state index in [0.29, 0.717) is 6.42 Å². The SMILES string of the molecule is C=CCl.C=COC(=O)CC/C=C/C(=O)O. The molecule has 0 aromatic carbocycles. The average molecular weight is 233 g/mol. The van der Waals surface area contributed by atoms with Crippen molar-refractivity contribution in [2.45, 2.75) is 12.8 Å². The van der Waals surface area contributed by atoms with Crippen molar-refractivity contribution in [2.24, 2.45) is 0 Å². The highest BCUT2D eigenvalue weighted by atomic mass is 35.5. The summed E-state index contributed by atoms with van der Waals surface area (Å²) in [7, 11) is 0. The maximum absolute atomic E-state index is 10.6. The molecular formula is C10H13ClO4. The molecule has 0 unspecified atom stereocenters. The Morgan fingerprint density at radius 3 is 2.33 bits per heavy atom. The predicted molar refractivity (Wildman–Crippen MR) is 58.3 cm³/mol.